The number of nitrogens with one attached hydrogen (secondary N) is 1. The van der Waals surface area contributed by atoms with E-state index < -0.39 is 5.91 Å². The topological polar surface area (TPSA) is 49.4 Å². The second-order valence-corrected chi connectivity index (χ2v) is 6.10. The smallest absolute Gasteiger partial charge is 0.312 e. The van der Waals surface area contributed by atoms with Gasteiger partial charge in [-0.25, -0.2) is 0 Å². The number of hydrogen-bond donors (Lipinski definition) is 1. The van der Waals surface area contributed by atoms with Crippen molar-refractivity contribution in [2.75, 3.05) is 13.1 Å². The average Bonchev–Trinajstić information content (AvgIpc) is 2.54. The molecule has 4 nitrogen and oxygen atoms in total. The maximum Gasteiger partial charge on any atom is 0.312 e. The Labute approximate surface area is 125 Å². The maximum absolute atomic E-state index is 12.3. The van der Waals surface area contributed by atoms with Crippen molar-refractivity contribution in [3.05, 3.63) is 35.9 Å². The minimum Gasteiger partial charge on any atom is -0.345 e. The molecule has 1 aliphatic carbocycles. The van der Waals surface area contributed by atoms with Crippen LogP contribution in [-0.2, 0) is 9.59 Å². The van der Waals surface area contributed by atoms with Gasteiger partial charge in [0.25, 0.3) is 0 Å². The Morgan fingerprint density at radius 3 is 2.48 bits per heavy atom. The second-order valence-electron chi connectivity index (χ2n) is 6.10. The van der Waals surface area contributed by atoms with Crippen molar-refractivity contribution in [3.8, 4) is 0 Å². The van der Waals surface area contributed by atoms with Gasteiger partial charge in [0.2, 0.25) is 0 Å². The molecule has 1 N–H and O–H groups in total. The van der Waals surface area contributed by atoms with E-state index in [4.69, 9.17) is 0 Å². The van der Waals surface area contributed by atoms with E-state index in [1.807, 2.05) is 30.3 Å². The van der Waals surface area contributed by atoms with E-state index in [1.165, 1.54) is 32.1 Å². The zero-order chi connectivity index (χ0) is 14.7. The normalized spacial score (nSPS) is 24.0. The van der Waals surface area contributed by atoms with Crippen molar-refractivity contribution in [2.24, 2.45) is 5.92 Å². The molecule has 0 aromatic heterocycles. The summed E-state index contributed by atoms with van der Waals surface area (Å²) >= 11 is 0. The molecule has 1 saturated heterocycles. The minimum absolute atomic E-state index is 0.0293. The molecule has 1 aromatic carbocycles. The largest absolute Gasteiger partial charge is 0.345 e. The monoisotopic (exact) mass is 286 g/mol. The summed E-state index contributed by atoms with van der Waals surface area (Å²) in [7, 11) is 0. The molecule has 1 saturated carbocycles. The van der Waals surface area contributed by atoms with Crippen molar-refractivity contribution >= 4 is 11.8 Å². The molecule has 1 atom stereocenters. The minimum atomic E-state index is -0.460. The Kier molecular flexibility index (Phi) is 4.23. The molecule has 1 heterocycles. The van der Waals surface area contributed by atoms with Gasteiger partial charge >= 0.3 is 11.8 Å². The fourth-order valence-electron chi connectivity index (χ4n) is 3.48. The van der Waals surface area contributed by atoms with Gasteiger partial charge in [0.15, 0.2) is 0 Å². The van der Waals surface area contributed by atoms with Crippen LogP contribution in [-0.4, -0.2) is 29.8 Å². The molecule has 1 aliphatic heterocycles. The van der Waals surface area contributed by atoms with Crippen LogP contribution in [0.4, 0.5) is 0 Å². The predicted octanol–water partition coefficient (Wildman–Crippen LogP) is 2.27. The Morgan fingerprint density at radius 1 is 1.05 bits per heavy atom. The first-order valence-corrected chi connectivity index (χ1v) is 7.89. The van der Waals surface area contributed by atoms with E-state index in [0.717, 1.165) is 5.56 Å². The molecule has 2 fully saturated rings. The number of piperazine rings is 1. The van der Waals surface area contributed by atoms with Crippen LogP contribution in [0.2, 0.25) is 0 Å². The average molecular weight is 286 g/mol. The van der Waals surface area contributed by atoms with Gasteiger partial charge in [-0.2, -0.15) is 0 Å². The highest BCUT2D eigenvalue weighted by molar-refractivity contribution is 6.35. The summed E-state index contributed by atoms with van der Waals surface area (Å²) < 4.78 is 0. The Bertz CT molecular complexity index is 509. The van der Waals surface area contributed by atoms with Gasteiger partial charge in [-0.15, -0.1) is 0 Å². The fourth-order valence-corrected chi connectivity index (χ4v) is 3.48. The first-order valence-electron chi connectivity index (χ1n) is 7.89. The molecule has 2 aliphatic rings. The van der Waals surface area contributed by atoms with Crippen molar-refractivity contribution < 1.29 is 9.59 Å². The summed E-state index contributed by atoms with van der Waals surface area (Å²) in [5, 5.41) is 2.72. The van der Waals surface area contributed by atoms with Crippen LogP contribution in [0, 0.1) is 5.92 Å². The highest BCUT2D eigenvalue weighted by Crippen LogP contribution is 2.29. The van der Waals surface area contributed by atoms with Crippen LogP contribution >= 0.6 is 0 Å². The van der Waals surface area contributed by atoms with Crippen molar-refractivity contribution in [2.45, 2.75) is 38.1 Å². The lowest BCUT2D eigenvalue weighted by molar-refractivity contribution is -0.151. The Morgan fingerprint density at radius 2 is 1.76 bits per heavy atom. The van der Waals surface area contributed by atoms with Crippen molar-refractivity contribution in [1.82, 2.24) is 10.2 Å². The van der Waals surface area contributed by atoms with E-state index in [-0.39, 0.29) is 11.9 Å². The standard InChI is InChI=1S/C17H22N2O2/c20-16-17(21)19(12-13-7-3-1-4-8-13)15(11-18-16)14-9-5-2-6-10-14/h2,5-6,9-10,13,15H,1,3-4,7-8,11-12H2,(H,18,20)/t15-/m1/s1. The summed E-state index contributed by atoms with van der Waals surface area (Å²) in [4.78, 5) is 25.8. The van der Waals surface area contributed by atoms with Gasteiger partial charge in [-0.1, -0.05) is 49.6 Å². The third-order valence-corrected chi connectivity index (χ3v) is 4.65. The molecular weight excluding hydrogens is 264 g/mol. The van der Waals surface area contributed by atoms with E-state index in [2.05, 4.69) is 5.32 Å². The van der Waals surface area contributed by atoms with E-state index in [9.17, 15) is 9.59 Å². The highest BCUT2D eigenvalue weighted by Gasteiger charge is 2.36. The third-order valence-electron chi connectivity index (χ3n) is 4.65. The van der Waals surface area contributed by atoms with Gasteiger partial charge in [0, 0.05) is 13.1 Å². The molecule has 0 spiro atoms. The molecule has 4 heteroatoms. The van der Waals surface area contributed by atoms with Crippen LogP contribution in [0.15, 0.2) is 30.3 Å². The van der Waals surface area contributed by atoms with E-state index >= 15 is 0 Å². The number of hydrogen-bond acceptors (Lipinski definition) is 2. The summed E-state index contributed by atoms with van der Waals surface area (Å²) in [6.07, 6.45) is 6.14. The van der Waals surface area contributed by atoms with E-state index in [0.29, 0.717) is 19.0 Å². The van der Waals surface area contributed by atoms with Crippen LogP contribution < -0.4 is 5.32 Å². The summed E-state index contributed by atoms with van der Waals surface area (Å²) in [6, 6.07) is 9.97. The maximum atomic E-state index is 12.3. The molecule has 1 aromatic rings. The third kappa shape index (κ3) is 3.09. The second kappa shape index (κ2) is 6.29. The zero-order valence-corrected chi connectivity index (χ0v) is 12.3. The molecule has 21 heavy (non-hydrogen) atoms. The fraction of sp³-hybridized carbons (Fsp3) is 0.529. The molecule has 0 radical (unpaired) electrons. The predicted molar refractivity (Wildman–Crippen MR) is 80.5 cm³/mol. The first-order chi connectivity index (χ1) is 10.3. The number of carbonyl (C=O) groups excluding carboxylic acids is 2. The lowest BCUT2D eigenvalue weighted by atomic mass is 9.88. The summed E-state index contributed by atoms with van der Waals surface area (Å²) in [5.41, 5.74) is 1.10. The summed E-state index contributed by atoms with van der Waals surface area (Å²) in [5.74, 6) is -0.293. The molecule has 3 rings (SSSR count). The van der Waals surface area contributed by atoms with Crippen LogP contribution in [0.5, 0.6) is 0 Å². The van der Waals surface area contributed by atoms with Gasteiger partial charge in [-0.3, -0.25) is 9.59 Å². The van der Waals surface area contributed by atoms with Gasteiger partial charge in [0.05, 0.1) is 6.04 Å². The quantitative estimate of drug-likeness (QED) is 0.867. The lowest BCUT2D eigenvalue weighted by Gasteiger charge is -2.38. The number of benzene rings is 1. The lowest BCUT2D eigenvalue weighted by Crippen LogP contribution is -2.55. The van der Waals surface area contributed by atoms with Crippen LogP contribution in [0.25, 0.3) is 0 Å². The molecule has 0 bridgehead atoms. The van der Waals surface area contributed by atoms with Crippen LogP contribution in [0.1, 0.15) is 43.7 Å². The van der Waals surface area contributed by atoms with Crippen molar-refractivity contribution in [1.29, 1.82) is 0 Å². The van der Waals surface area contributed by atoms with Gasteiger partial charge in [-0.05, 0) is 24.3 Å². The molecule has 0 unspecified atom stereocenters. The van der Waals surface area contributed by atoms with E-state index in [1.54, 1.807) is 4.90 Å². The number of amides is 2. The summed E-state index contributed by atoms with van der Waals surface area (Å²) in [6.45, 7) is 1.23. The number of rotatable bonds is 3. The van der Waals surface area contributed by atoms with Crippen LogP contribution in [0.3, 0.4) is 0 Å². The number of nitrogens with zero attached hydrogens (tertiary/aromatic N) is 1. The van der Waals surface area contributed by atoms with Crippen molar-refractivity contribution in [3.63, 3.8) is 0 Å². The Balaban J connectivity index is 1.79. The molecule has 112 valence electrons. The first kappa shape index (κ1) is 14.1. The van der Waals surface area contributed by atoms with Gasteiger partial charge < -0.3 is 10.2 Å². The van der Waals surface area contributed by atoms with Gasteiger partial charge in [0.1, 0.15) is 0 Å². The molecule has 2 amide bonds. The zero-order valence-electron chi connectivity index (χ0n) is 12.3. The highest BCUT2D eigenvalue weighted by atomic mass is 16.2. The number of carbonyl (C=O) groups is 2. The SMILES string of the molecule is O=C1NC[C@H](c2ccccc2)N(CC2CCCCC2)C1=O. The molecular formula is C17H22N2O2. The Hall–Kier alpha value is -1.84.